The molecule has 19 heavy (non-hydrogen) atoms. The number of carbonyl (C=O) groups is 1. The molecular weight excluding hydrogens is 255 g/mol. The van der Waals surface area contributed by atoms with Crippen molar-refractivity contribution in [1.82, 2.24) is 4.98 Å². The van der Waals surface area contributed by atoms with E-state index < -0.39 is 24.8 Å². The Kier molecular flexibility index (Phi) is 5.20. The highest BCUT2D eigenvalue weighted by atomic mass is 19.1. The predicted molar refractivity (Wildman–Crippen MR) is 65.0 cm³/mol. The lowest BCUT2D eigenvalue weighted by Crippen LogP contribution is -2.32. The van der Waals surface area contributed by atoms with Gasteiger partial charge >= 0.3 is 5.97 Å². The summed E-state index contributed by atoms with van der Waals surface area (Å²) in [5.74, 6) is -1.43. The van der Waals surface area contributed by atoms with Crippen LogP contribution in [0, 0.1) is 6.92 Å². The number of halogens is 1. The molecule has 1 aromatic heterocycles. The average Bonchev–Trinajstić information content (AvgIpc) is 2.40. The fourth-order valence-electron chi connectivity index (χ4n) is 1.67. The van der Waals surface area contributed by atoms with Crippen LogP contribution in [0.1, 0.15) is 29.8 Å². The molecule has 6 nitrogen and oxygen atoms in total. The van der Waals surface area contributed by atoms with Gasteiger partial charge in [0.1, 0.15) is 5.75 Å². The van der Waals surface area contributed by atoms with Gasteiger partial charge in [0.05, 0.1) is 24.9 Å². The summed E-state index contributed by atoms with van der Waals surface area (Å²) in [5, 5.41) is 19.0. The first-order chi connectivity index (χ1) is 8.93. The van der Waals surface area contributed by atoms with Crippen molar-refractivity contribution in [3.05, 3.63) is 23.0 Å². The van der Waals surface area contributed by atoms with Crippen LogP contribution in [0.3, 0.4) is 0 Å². The molecule has 2 atom stereocenters. The summed E-state index contributed by atoms with van der Waals surface area (Å²) in [6.07, 6.45) is -0.847. The van der Waals surface area contributed by atoms with Crippen LogP contribution in [0.15, 0.2) is 6.20 Å². The normalized spacial score (nSPS) is 13.9. The van der Waals surface area contributed by atoms with Crippen molar-refractivity contribution in [3.8, 4) is 5.75 Å². The minimum Gasteiger partial charge on any atom is -0.506 e. The number of aromatic hydroxyl groups is 1. The van der Waals surface area contributed by atoms with E-state index in [9.17, 15) is 14.3 Å². The summed E-state index contributed by atoms with van der Waals surface area (Å²) in [5.41, 5.74) is 6.01. The van der Waals surface area contributed by atoms with Crippen LogP contribution in [0.2, 0.25) is 0 Å². The number of ether oxygens (including phenoxy) is 1. The number of nitrogens with two attached hydrogens (primary N) is 1. The van der Waals surface area contributed by atoms with E-state index in [4.69, 9.17) is 10.8 Å². The average molecular weight is 272 g/mol. The lowest BCUT2D eigenvalue weighted by atomic mass is 9.97. The minimum absolute atomic E-state index is 0.0280. The maximum Gasteiger partial charge on any atom is 0.342 e. The molecule has 0 aliphatic rings. The molecule has 0 aromatic carbocycles. The Bertz CT molecular complexity index is 467. The molecule has 1 heterocycles. The maximum absolute atomic E-state index is 13.9. The zero-order chi connectivity index (χ0) is 14.6. The third kappa shape index (κ3) is 3.18. The quantitative estimate of drug-likeness (QED) is 0.674. The van der Waals surface area contributed by atoms with E-state index in [1.807, 2.05) is 0 Å². The number of hydrogen-bond donors (Lipinski definition) is 3. The third-order valence-electron chi connectivity index (χ3n) is 2.69. The Morgan fingerprint density at radius 1 is 1.63 bits per heavy atom. The van der Waals surface area contributed by atoms with Crippen LogP contribution in [0.5, 0.6) is 5.75 Å². The highest BCUT2D eigenvalue weighted by Gasteiger charge is 2.31. The first-order valence-corrected chi connectivity index (χ1v) is 5.78. The van der Waals surface area contributed by atoms with Crippen molar-refractivity contribution in [1.29, 1.82) is 0 Å². The van der Waals surface area contributed by atoms with Gasteiger partial charge in [-0.3, -0.25) is 4.98 Å². The fraction of sp³-hybridized carbons (Fsp3) is 0.500. The van der Waals surface area contributed by atoms with Gasteiger partial charge in [0, 0.05) is 17.3 Å². The molecule has 106 valence electrons. The van der Waals surface area contributed by atoms with Crippen LogP contribution in [0.25, 0.3) is 0 Å². The van der Waals surface area contributed by atoms with Gasteiger partial charge in [0.2, 0.25) is 6.17 Å². The van der Waals surface area contributed by atoms with Gasteiger partial charge < -0.3 is 20.7 Å². The monoisotopic (exact) mass is 272 g/mol. The number of alkyl halides is 1. The second-order valence-corrected chi connectivity index (χ2v) is 3.97. The Labute approximate surface area is 110 Å². The molecule has 0 fully saturated rings. The van der Waals surface area contributed by atoms with Gasteiger partial charge in [0.25, 0.3) is 0 Å². The molecule has 4 N–H and O–H groups in total. The number of rotatable bonds is 5. The Balaban J connectivity index is 3.14. The van der Waals surface area contributed by atoms with Crippen molar-refractivity contribution in [2.45, 2.75) is 32.7 Å². The van der Waals surface area contributed by atoms with Crippen LogP contribution >= 0.6 is 0 Å². The van der Waals surface area contributed by atoms with Crippen LogP contribution < -0.4 is 5.73 Å². The van der Waals surface area contributed by atoms with E-state index in [-0.39, 0.29) is 29.2 Å². The van der Waals surface area contributed by atoms with Gasteiger partial charge in [-0.1, -0.05) is 0 Å². The molecule has 7 heteroatoms. The number of aromatic nitrogens is 1. The van der Waals surface area contributed by atoms with Crippen molar-refractivity contribution in [3.63, 3.8) is 0 Å². The molecule has 1 aromatic rings. The van der Waals surface area contributed by atoms with Crippen LogP contribution in [-0.4, -0.2) is 33.9 Å². The first-order valence-electron chi connectivity index (χ1n) is 5.78. The minimum atomic E-state index is -2.13. The predicted octanol–water partition coefficient (Wildman–Crippen LogP) is 0.489. The molecule has 0 aliphatic carbocycles. The number of pyridine rings is 1. The summed E-state index contributed by atoms with van der Waals surface area (Å²) >= 11 is 0. The van der Waals surface area contributed by atoms with E-state index in [0.717, 1.165) is 0 Å². The molecule has 0 bridgehead atoms. The van der Waals surface area contributed by atoms with Gasteiger partial charge in [-0.2, -0.15) is 0 Å². The van der Waals surface area contributed by atoms with Crippen molar-refractivity contribution in [2.75, 3.05) is 6.61 Å². The standard InChI is InChI=1S/C12H17FN2O4/c1-3-19-12(18)9(13)10(14)8-7(5-16)4-15-6(2)11(8)17/h4,9-10,16-17H,3,5,14H2,1-2H3/t9?,10-/m1/s1. The lowest BCUT2D eigenvalue weighted by Gasteiger charge is -2.20. The molecule has 0 saturated heterocycles. The lowest BCUT2D eigenvalue weighted by molar-refractivity contribution is -0.149. The zero-order valence-electron chi connectivity index (χ0n) is 10.8. The van der Waals surface area contributed by atoms with Gasteiger partial charge in [0.15, 0.2) is 0 Å². The zero-order valence-corrected chi connectivity index (χ0v) is 10.8. The second-order valence-electron chi connectivity index (χ2n) is 3.97. The smallest absolute Gasteiger partial charge is 0.342 e. The van der Waals surface area contributed by atoms with E-state index in [1.165, 1.54) is 13.1 Å². The molecule has 0 aliphatic heterocycles. The number of esters is 1. The number of aliphatic hydroxyl groups excluding tert-OH is 1. The van der Waals surface area contributed by atoms with Gasteiger partial charge in [-0.05, 0) is 13.8 Å². The number of aryl methyl sites for hydroxylation is 1. The molecule has 0 saturated carbocycles. The summed E-state index contributed by atoms with van der Waals surface area (Å²) in [4.78, 5) is 15.1. The van der Waals surface area contributed by atoms with E-state index >= 15 is 0 Å². The van der Waals surface area contributed by atoms with E-state index in [1.54, 1.807) is 6.92 Å². The number of aliphatic hydroxyl groups is 1. The highest BCUT2D eigenvalue weighted by molar-refractivity contribution is 5.76. The number of hydrogen-bond acceptors (Lipinski definition) is 6. The third-order valence-corrected chi connectivity index (χ3v) is 2.69. The maximum atomic E-state index is 13.9. The second kappa shape index (κ2) is 6.44. The molecule has 1 rings (SSSR count). The highest BCUT2D eigenvalue weighted by Crippen LogP contribution is 2.31. The fourth-order valence-corrected chi connectivity index (χ4v) is 1.67. The molecule has 0 radical (unpaired) electrons. The molecular formula is C12H17FN2O4. The Morgan fingerprint density at radius 2 is 2.26 bits per heavy atom. The van der Waals surface area contributed by atoms with Crippen molar-refractivity contribution < 1.29 is 24.1 Å². The largest absolute Gasteiger partial charge is 0.506 e. The van der Waals surface area contributed by atoms with E-state index in [0.29, 0.717) is 0 Å². The molecule has 1 unspecified atom stereocenters. The number of nitrogens with zero attached hydrogens (tertiary/aromatic N) is 1. The van der Waals surface area contributed by atoms with Crippen LogP contribution in [-0.2, 0) is 16.1 Å². The topological polar surface area (TPSA) is 106 Å². The van der Waals surface area contributed by atoms with Crippen molar-refractivity contribution in [2.24, 2.45) is 5.73 Å². The Morgan fingerprint density at radius 3 is 2.79 bits per heavy atom. The van der Waals surface area contributed by atoms with Gasteiger partial charge in [-0.15, -0.1) is 0 Å². The number of carbonyl (C=O) groups excluding carboxylic acids is 1. The summed E-state index contributed by atoms with van der Waals surface area (Å²) in [6.45, 7) is 2.60. The molecule has 0 amide bonds. The summed E-state index contributed by atoms with van der Waals surface area (Å²) in [6, 6.07) is -1.43. The summed E-state index contributed by atoms with van der Waals surface area (Å²) in [7, 11) is 0. The summed E-state index contributed by atoms with van der Waals surface area (Å²) < 4.78 is 18.4. The van der Waals surface area contributed by atoms with E-state index in [2.05, 4.69) is 9.72 Å². The SMILES string of the molecule is CCOC(=O)C(F)[C@H](N)c1c(CO)cnc(C)c1O. The van der Waals surface area contributed by atoms with Crippen molar-refractivity contribution >= 4 is 5.97 Å². The van der Waals surface area contributed by atoms with Crippen LogP contribution in [0.4, 0.5) is 4.39 Å². The Hall–Kier alpha value is -1.73. The molecule has 0 spiro atoms. The van der Waals surface area contributed by atoms with Gasteiger partial charge in [-0.25, -0.2) is 9.18 Å². The first kappa shape index (κ1) is 15.3.